The number of nitrogens with one attached hydrogen (secondary N) is 1. The van der Waals surface area contributed by atoms with E-state index in [2.05, 4.69) is 10.1 Å². The van der Waals surface area contributed by atoms with Crippen molar-refractivity contribution in [2.75, 3.05) is 19.7 Å². The van der Waals surface area contributed by atoms with Gasteiger partial charge in [-0.25, -0.2) is 8.78 Å². The molecule has 0 atom stereocenters. The van der Waals surface area contributed by atoms with Gasteiger partial charge in [-0.1, -0.05) is 0 Å². The molecular formula is C14H17ClF5NO2. The van der Waals surface area contributed by atoms with Gasteiger partial charge >= 0.3 is 6.36 Å². The van der Waals surface area contributed by atoms with Crippen LogP contribution in [0, 0.1) is 0 Å². The molecule has 1 heterocycles. The van der Waals surface area contributed by atoms with Crippen molar-refractivity contribution in [2.24, 2.45) is 0 Å². The highest BCUT2D eigenvalue weighted by Gasteiger charge is 2.32. The normalized spacial score (nSPS) is 16.1. The second kappa shape index (κ2) is 8.54. The molecule has 1 N–H and O–H groups in total. The first kappa shape index (κ1) is 19.8. The van der Waals surface area contributed by atoms with Gasteiger partial charge in [-0.2, -0.15) is 0 Å². The molecule has 3 nitrogen and oxygen atoms in total. The zero-order valence-electron chi connectivity index (χ0n) is 12.0. The number of ether oxygens (including phenoxy) is 2. The summed E-state index contributed by atoms with van der Waals surface area (Å²) >= 11 is 0. The lowest BCUT2D eigenvalue weighted by molar-refractivity contribution is -0.274. The molecule has 2 rings (SSSR count). The smallest absolute Gasteiger partial charge is 0.487 e. The number of piperidine rings is 1. The lowest BCUT2D eigenvalue weighted by atomic mass is 9.89. The highest BCUT2D eigenvalue weighted by Crippen LogP contribution is 2.36. The van der Waals surface area contributed by atoms with E-state index in [0.29, 0.717) is 31.5 Å². The van der Waals surface area contributed by atoms with Crippen LogP contribution in [0.4, 0.5) is 22.0 Å². The van der Waals surface area contributed by atoms with Crippen molar-refractivity contribution in [3.05, 3.63) is 23.8 Å². The fourth-order valence-corrected chi connectivity index (χ4v) is 2.46. The van der Waals surface area contributed by atoms with Gasteiger partial charge in [0.2, 0.25) is 0 Å². The van der Waals surface area contributed by atoms with E-state index in [1.807, 2.05) is 0 Å². The number of rotatable bonds is 5. The maximum absolute atomic E-state index is 12.3. The molecule has 1 fully saturated rings. The Morgan fingerprint density at radius 2 is 1.83 bits per heavy atom. The van der Waals surface area contributed by atoms with Gasteiger partial charge in [0, 0.05) is 5.56 Å². The standard InChI is InChI=1S/C14H16F5NO2.ClH/c15-13(16)8-21-12-2-1-10(22-14(17,18)19)7-11(12)9-3-5-20-6-4-9;/h1-2,7,9,13,20H,3-6,8H2;1H. The Morgan fingerprint density at radius 3 is 2.39 bits per heavy atom. The molecule has 1 aromatic carbocycles. The third-order valence-corrected chi connectivity index (χ3v) is 3.36. The molecule has 0 radical (unpaired) electrons. The van der Waals surface area contributed by atoms with Crippen LogP contribution in [0.25, 0.3) is 0 Å². The van der Waals surface area contributed by atoms with E-state index >= 15 is 0 Å². The fraction of sp³-hybridized carbons (Fsp3) is 0.571. The Kier molecular flexibility index (Phi) is 7.34. The largest absolute Gasteiger partial charge is 0.573 e. The third-order valence-electron chi connectivity index (χ3n) is 3.36. The van der Waals surface area contributed by atoms with Crippen molar-refractivity contribution >= 4 is 12.4 Å². The Hall–Kier alpha value is -1.28. The van der Waals surface area contributed by atoms with Gasteiger partial charge in [0.1, 0.15) is 18.1 Å². The van der Waals surface area contributed by atoms with Crippen molar-refractivity contribution < 1.29 is 31.4 Å². The molecule has 23 heavy (non-hydrogen) atoms. The van der Waals surface area contributed by atoms with Crippen molar-refractivity contribution in [3.63, 3.8) is 0 Å². The number of hydrogen-bond acceptors (Lipinski definition) is 3. The van der Waals surface area contributed by atoms with Crippen LogP contribution in [0.15, 0.2) is 18.2 Å². The fourth-order valence-electron chi connectivity index (χ4n) is 2.46. The minimum atomic E-state index is -4.79. The quantitative estimate of drug-likeness (QED) is 0.800. The molecule has 0 saturated carbocycles. The van der Waals surface area contributed by atoms with Gasteiger partial charge in [-0.3, -0.25) is 0 Å². The van der Waals surface area contributed by atoms with Crippen LogP contribution in [0.2, 0.25) is 0 Å². The van der Waals surface area contributed by atoms with Crippen molar-refractivity contribution in [1.82, 2.24) is 5.32 Å². The minimum Gasteiger partial charge on any atom is -0.487 e. The second-order valence-electron chi connectivity index (χ2n) is 4.97. The predicted molar refractivity (Wildman–Crippen MR) is 76.7 cm³/mol. The summed E-state index contributed by atoms with van der Waals surface area (Å²) < 4.78 is 70.4. The highest BCUT2D eigenvalue weighted by molar-refractivity contribution is 5.85. The molecule has 9 heteroatoms. The second-order valence-corrected chi connectivity index (χ2v) is 4.97. The first-order valence-electron chi connectivity index (χ1n) is 6.86. The molecule has 1 aliphatic heterocycles. The summed E-state index contributed by atoms with van der Waals surface area (Å²) in [5.74, 6) is -0.238. The van der Waals surface area contributed by atoms with Gasteiger partial charge in [0.25, 0.3) is 6.43 Å². The highest BCUT2D eigenvalue weighted by atomic mass is 35.5. The van der Waals surface area contributed by atoms with E-state index in [-0.39, 0.29) is 29.8 Å². The monoisotopic (exact) mass is 361 g/mol. The summed E-state index contributed by atoms with van der Waals surface area (Å²) in [7, 11) is 0. The number of benzene rings is 1. The molecule has 0 unspecified atom stereocenters. The molecule has 1 saturated heterocycles. The van der Waals surface area contributed by atoms with Crippen LogP contribution in [0.1, 0.15) is 24.3 Å². The van der Waals surface area contributed by atoms with Gasteiger partial charge in [0.05, 0.1) is 0 Å². The topological polar surface area (TPSA) is 30.5 Å². The van der Waals surface area contributed by atoms with Crippen LogP contribution < -0.4 is 14.8 Å². The average molecular weight is 362 g/mol. The SMILES string of the molecule is Cl.FC(F)COc1ccc(OC(F)(F)F)cc1C1CCNCC1. The maximum atomic E-state index is 12.3. The summed E-state index contributed by atoms with van der Waals surface area (Å²) in [4.78, 5) is 0. The summed E-state index contributed by atoms with van der Waals surface area (Å²) in [6.07, 6.45) is -6.05. The molecule has 0 spiro atoms. The predicted octanol–water partition coefficient (Wildman–Crippen LogP) is 4.12. The molecular weight excluding hydrogens is 345 g/mol. The molecule has 0 amide bonds. The van der Waals surface area contributed by atoms with Gasteiger partial charge in [-0.15, -0.1) is 25.6 Å². The Labute approximate surface area is 136 Å². The summed E-state index contributed by atoms with van der Waals surface area (Å²) in [5.41, 5.74) is 0.476. The van der Waals surface area contributed by atoms with Crippen molar-refractivity contribution in [3.8, 4) is 11.5 Å². The Balaban J connectivity index is 0.00000264. The lowest BCUT2D eigenvalue weighted by Gasteiger charge is -2.25. The summed E-state index contributed by atoms with van der Waals surface area (Å²) in [6, 6.07) is 3.55. The van der Waals surface area contributed by atoms with Crippen LogP contribution in [-0.4, -0.2) is 32.5 Å². The molecule has 0 bridgehead atoms. The van der Waals surface area contributed by atoms with Crippen LogP contribution in [-0.2, 0) is 0 Å². The van der Waals surface area contributed by atoms with Crippen LogP contribution in [0.5, 0.6) is 11.5 Å². The van der Waals surface area contributed by atoms with Crippen molar-refractivity contribution in [2.45, 2.75) is 31.5 Å². The van der Waals surface area contributed by atoms with E-state index in [0.717, 1.165) is 6.07 Å². The van der Waals surface area contributed by atoms with E-state index in [1.165, 1.54) is 12.1 Å². The van der Waals surface area contributed by atoms with E-state index < -0.39 is 19.4 Å². The van der Waals surface area contributed by atoms with Crippen LogP contribution >= 0.6 is 12.4 Å². The van der Waals surface area contributed by atoms with E-state index in [4.69, 9.17) is 4.74 Å². The van der Waals surface area contributed by atoms with Crippen molar-refractivity contribution in [1.29, 1.82) is 0 Å². The number of hydrogen-bond donors (Lipinski definition) is 1. The number of alkyl halides is 5. The minimum absolute atomic E-state index is 0. The van der Waals surface area contributed by atoms with E-state index in [9.17, 15) is 22.0 Å². The Morgan fingerprint density at radius 1 is 1.17 bits per heavy atom. The summed E-state index contributed by atoms with van der Waals surface area (Å²) in [6.45, 7) is 0.629. The number of halogens is 6. The van der Waals surface area contributed by atoms with Gasteiger partial charge in [0.15, 0.2) is 0 Å². The Bertz CT molecular complexity index is 493. The molecule has 0 aromatic heterocycles. The molecule has 1 aromatic rings. The van der Waals surface area contributed by atoms with E-state index in [1.54, 1.807) is 0 Å². The molecule has 1 aliphatic rings. The van der Waals surface area contributed by atoms with Gasteiger partial charge < -0.3 is 14.8 Å². The third kappa shape index (κ3) is 6.39. The molecule has 0 aliphatic carbocycles. The maximum Gasteiger partial charge on any atom is 0.573 e. The lowest BCUT2D eigenvalue weighted by Crippen LogP contribution is -2.27. The average Bonchev–Trinajstić information content (AvgIpc) is 2.45. The van der Waals surface area contributed by atoms with Crippen LogP contribution in [0.3, 0.4) is 0 Å². The zero-order chi connectivity index (χ0) is 16.2. The first-order chi connectivity index (χ1) is 10.3. The zero-order valence-corrected chi connectivity index (χ0v) is 12.9. The van der Waals surface area contributed by atoms with Gasteiger partial charge in [-0.05, 0) is 50.0 Å². The summed E-state index contributed by atoms with van der Waals surface area (Å²) in [5, 5.41) is 3.13. The molecule has 132 valence electrons. The first-order valence-corrected chi connectivity index (χ1v) is 6.86.